The van der Waals surface area contributed by atoms with E-state index in [2.05, 4.69) is 11.9 Å². The molecule has 0 bridgehead atoms. The summed E-state index contributed by atoms with van der Waals surface area (Å²) in [7, 11) is 2.07. The molecule has 1 saturated heterocycles. The molecule has 0 spiro atoms. The molecule has 1 aliphatic heterocycles. The quantitative estimate of drug-likeness (QED) is 0.523. The Labute approximate surface area is 78.9 Å². The van der Waals surface area contributed by atoms with E-state index >= 15 is 0 Å². The Kier molecular flexibility index (Phi) is 3.49. The zero-order chi connectivity index (χ0) is 9.68. The first-order chi connectivity index (χ1) is 6.27. The Morgan fingerprint density at radius 2 is 1.92 bits per heavy atom. The maximum absolute atomic E-state index is 8.69. The fraction of sp³-hybridized carbons (Fsp3) is 0.600. The van der Waals surface area contributed by atoms with E-state index in [-0.39, 0.29) is 0 Å². The van der Waals surface area contributed by atoms with E-state index in [0.717, 1.165) is 37.9 Å². The smallest absolute Gasteiger partial charge is 0.128 e. The van der Waals surface area contributed by atoms with Gasteiger partial charge in [-0.25, -0.2) is 0 Å². The number of allylic oxidation sites excluding steroid dienone is 1. The van der Waals surface area contributed by atoms with E-state index in [0.29, 0.717) is 5.57 Å². The van der Waals surface area contributed by atoms with Gasteiger partial charge in [0.1, 0.15) is 17.7 Å². The molecule has 0 aliphatic carbocycles. The van der Waals surface area contributed by atoms with Crippen molar-refractivity contribution in [2.45, 2.75) is 19.3 Å². The van der Waals surface area contributed by atoms with Gasteiger partial charge in [0.25, 0.3) is 0 Å². The van der Waals surface area contributed by atoms with Gasteiger partial charge in [-0.2, -0.15) is 10.5 Å². The van der Waals surface area contributed by atoms with E-state index < -0.39 is 0 Å². The molecular formula is C10H13N3. The van der Waals surface area contributed by atoms with Crippen LogP contribution in [0.1, 0.15) is 19.3 Å². The fourth-order valence-corrected chi connectivity index (χ4v) is 1.56. The van der Waals surface area contributed by atoms with Crippen molar-refractivity contribution >= 4 is 0 Å². The highest BCUT2D eigenvalue weighted by molar-refractivity contribution is 5.40. The molecule has 13 heavy (non-hydrogen) atoms. The van der Waals surface area contributed by atoms with E-state index in [1.807, 2.05) is 12.1 Å². The summed E-state index contributed by atoms with van der Waals surface area (Å²) in [5.41, 5.74) is 1.37. The summed E-state index contributed by atoms with van der Waals surface area (Å²) in [6, 6.07) is 3.93. The van der Waals surface area contributed by atoms with E-state index in [4.69, 9.17) is 10.5 Å². The number of likely N-dealkylation sites (tertiary alicyclic amines) is 1. The summed E-state index contributed by atoms with van der Waals surface area (Å²) in [6.45, 7) is 2.02. The third-order valence-electron chi connectivity index (χ3n) is 2.39. The highest BCUT2D eigenvalue weighted by atomic mass is 15.1. The van der Waals surface area contributed by atoms with Gasteiger partial charge in [-0.1, -0.05) is 0 Å². The molecule has 1 fully saturated rings. The number of hydrogen-bond acceptors (Lipinski definition) is 3. The maximum atomic E-state index is 8.69. The molecule has 1 heterocycles. The van der Waals surface area contributed by atoms with Crippen LogP contribution in [-0.4, -0.2) is 25.0 Å². The zero-order valence-corrected chi connectivity index (χ0v) is 7.88. The number of nitriles is 2. The summed E-state index contributed by atoms with van der Waals surface area (Å²) in [4.78, 5) is 2.24. The SMILES string of the molecule is CN1CCCC(=C(C#N)C#N)CC1. The molecule has 0 N–H and O–H groups in total. The standard InChI is InChI=1S/C10H13N3/c1-13-5-2-3-9(4-6-13)10(7-11)8-12/h2-6H2,1H3. The minimum atomic E-state index is 0.329. The van der Waals surface area contributed by atoms with Crippen molar-refractivity contribution in [3.8, 4) is 12.1 Å². The van der Waals surface area contributed by atoms with Gasteiger partial charge in [0.15, 0.2) is 0 Å². The molecule has 0 atom stereocenters. The maximum Gasteiger partial charge on any atom is 0.128 e. The van der Waals surface area contributed by atoms with Crippen LogP contribution in [0.15, 0.2) is 11.1 Å². The third-order valence-corrected chi connectivity index (χ3v) is 2.39. The average Bonchev–Trinajstić information content (AvgIpc) is 2.34. The van der Waals surface area contributed by atoms with Gasteiger partial charge in [0, 0.05) is 6.54 Å². The number of hydrogen-bond donors (Lipinski definition) is 0. The first kappa shape index (κ1) is 9.77. The van der Waals surface area contributed by atoms with Gasteiger partial charge in [0.05, 0.1) is 0 Å². The van der Waals surface area contributed by atoms with Crippen LogP contribution in [0.4, 0.5) is 0 Å². The molecule has 68 valence electrons. The molecule has 0 radical (unpaired) electrons. The van der Waals surface area contributed by atoms with Crippen LogP contribution in [0.2, 0.25) is 0 Å². The van der Waals surface area contributed by atoms with Crippen molar-refractivity contribution in [1.82, 2.24) is 4.90 Å². The lowest BCUT2D eigenvalue weighted by Crippen LogP contribution is -2.18. The molecule has 0 amide bonds. The summed E-state index contributed by atoms with van der Waals surface area (Å²) in [5.74, 6) is 0. The molecule has 0 aromatic heterocycles. The Hall–Kier alpha value is -1.32. The molecular weight excluding hydrogens is 162 g/mol. The predicted molar refractivity (Wildman–Crippen MR) is 49.6 cm³/mol. The van der Waals surface area contributed by atoms with Crippen molar-refractivity contribution in [1.29, 1.82) is 10.5 Å². The van der Waals surface area contributed by atoms with Crippen molar-refractivity contribution < 1.29 is 0 Å². The Morgan fingerprint density at radius 3 is 2.54 bits per heavy atom. The molecule has 3 heteroatoms. The summed E-state index contributed by atoms with van der Waals surface area (Å²) >= 11 is 0. The molecule has 0 unspecified atom stereocenters. The topological polar surface area (TPSA) is 50.8 Å². The lowest BCUT2D eigenvalue weighted by atomic mass is 10.0. The predicted octanol–water partition coefficient (Wildman–Crippen LogP) is 1.45. The van der Waals surface area contributed by atoms with Crippen molar-refractivity contribution in [2.75, 3.05) is 20.1 Å². The van der Waals surface area contributed by atoms with E-state index in [1.165, 1.54) is 0 Å². The second kappa shape index (κ2) is 4.64. The highest BCUT2D eigenvalue weighted by Crippen LogP contribution is 2.18. The molecule has 0 aromatic rings. The second-order valence-corrected chi connectivity index (χ2v) is 3.36. The minimum Gasteiger partial charge on any atom is -0.306 e. The fourth-order valence-electron chi connectivity index (χ4n) is 1.56. The minimum absolute atomic E-state index is 0.329. The van der Waals surface area contributed by atoms with Gasteiger partial charge >= 0.3 is 0 Å². The number of nitrogens with zero attached hydrogens (tertiary/aromatic N) is 3. The van der Waals surface area contributed by atoms with Gasteiger partial charge in [-0.05, 0) is 38.4 Å². The Bertz CT molecular complexity index is 274. The number of rotatable bonds is 0. The average molecular weight is 175 g/mol. The summed E-state index contributed by atoms with van der Waals surface area (Å²) < 4.78 is 0. The van der Waals surface area contributed by atoms with Crippen LogP contribution in [0, 0.1) is 22.7 Å². The van der Waals surface area contributed by atoms with Crippen LogP contribution in [0.3, 0.4) is 0 Å². The summed E-state index contributed by atoms with van der Waals surface area (Å²) in [6.07, 6.45) is 2.83. The van der Waals surface area contributed by atoms with Crippen LogP contribution >= 0.6 is 0 Å². The molecule has 3 nitrogen and oxygen atoms in total. The molecule has 0 saturated carbocycles. The van der Waals surface area contributed by atoms with Crippen molar-refractivity contribution in [3.63, 3.8) is 0 Å². The Morgan fingerprint density at radius 1 is 1.23 bits per heavy atom. The highest BCUT2D eigenvalue weighted by Gasteiger charge is 2.11. The molecule has 1 rings (SSSR count). The van der Waals surface area contributed by atoms with Gasteiger partial charge < -0.3 is 4.90 Å². The van der Waals surface area contributed by atoms with Gasteiger partial charge in [0.2, 0.25) is 0 Å². The monoisotopic (exact) mass is 175 g/mol. The molecule has 0 aromatic carbocycles. The first-order valence-corrected chi connectivity index (χ1v) is 4.48. The third kappa shape index (κ3) is 2.57. The van der Waals surface area contributed by atoms with Crippen molar-refractivity contribution in [3.05, 3.63) is 11.1 Å². The van der Waals surface area contributed by atoms with Crippen LogP contribution in [0.5, 0.6) is 0 Å². The molecule has 1 aliphatic rings. The van der Waals surface area contributed by atoms with Crippen LogP contribution < -0.4 is 0 Å². The van der Waals surface area contributed by atoms with E-state index in [9.17, 15) is 0 Å². The first-order valence-electron chi connectivity index (χ1n) is 4.48. The Balaban J connectivity index is 2.77. The van der Waals surface area contributed by atoms with Crippen LogP contribution in [-0.2, 0) is 0 Å². The largest absolute Gasteiger partial charge is 0.306 e. The van der Waals surface area contributed by atoms with Crippen molar-refractivity contribution in [2.24, 2.45) is 0 Å². The zero-order valence-electron chi connectivity index (χ0n) is 7.88. The van der Waals surface area contributed by atoms with Crippen LogP contribution in [0.25, 0.3) is 0 Å². The van der Waals surface area contributed by atoms with E-state index in [1.54, 1.807) is 0 Å². The lowest BCUT2D eigenvalue weighted by Gasteiger charge is -2.10. The van der Waals surface area contributed by atoms with Gasteiger partial charge in [-0.15, -0.1) is 0 Å². The normalized spacial score (nSPS) is 18.5. The summed E-state index contributed by atoms with van der Waals surface area (Å²) in [5, 5.41) is 17.4. The second-order valence-electron chi connectivity index (χ2n) is 3.36. The van der Waals surface area contributed by atoms with Gasteiger partial charge in [-0.3, -0.25) is 0 Å². The lowest BCUT2D eigenvalue weighted by molar-refractivity contribution is 0.351.